The molecule has 1 aliphatic carbocycles. The Bertz CT molecular complexity index is 2270. The van der Waals surface area contributed by atoms with E-state index in [1.165, 1.54) is 29.0 Å². The van der Waals surface area contributed by atoms with Crippen LogP contribution in [0.5, 0.6) is 23.0 Å². The van der Waals surface area contributed by atoms with Crippen LogP contribution in [0, 0.1) is 10.1 Å². The summed E-state index contributed by atoms with van der Waals surface area (Å²) < 4.78 is 25.1. The second kappa shape index (κ2) is 12.8. The molecule has 0 fully saturated rings. The van der Waals surface area contributed by atoms with E-state index in [0.29, 0.717) is 32.3 Å². The van der Waals surface area contributed by atoms with Crippen molar-refractivity contribution < 1.29 is 23.9 Å². The maximum absolute atomic E-state index is 14.3. The van der Waals surface area contributed by atoms with E-state index < -0.39 is 4.92 Å². The predicted octanol–water partition coefficient (Wildman–Crippen LogP) is 5.83. The van der Waals surface area contributed by atoms with Crippen molar-refractivity contribution in [2.75, 3.05) is 21.3 Å². The maximum Gasteiger partial charge on any atom is 0.271 e. The average Bonchev–Trinajstić information content (AvgIpc) is 3.43. The van der Waals surface area contributed by atoms with Gasteiger partial charge in [0.05, 0.1) is 42.5 Å². The van der Waals surface area contributed by atoms with Crippen LogP contribution in [0.4, 0.5) is 5.69 Å². The van der Waals surface area contributed by atoms with E-state index in [4.69, 9.17) is 23.9 Å². The Balaban J connectivity index is 1.28. The highest BCUT2D eigenvalue weighted by atomic mass is 32.1. The fraction of sp³-hybridized carbons (Fsp3) is 0.189. The molecular weight excluding hydrogens is 630 g/mol. The summed E-state index contributed by atoms with van der Waals surface area (Å²) in [7, 11) is 4.76. The van der Waals surface area contributed by atoms with Crippen LogP contribution in [-0.2, 0) is 13.0 Å². The number of rotatable bonds is 9. The fourth-order valence-electron chi connectivity index (χ4n) is 6.26. The topological polar surface area (TPSA) is 114 Å². The van der Waals surface area contributed by atoms with Gasteiger partial charge in [-0.25, -0.2) is 4.99 Å². The third-order valence-corrected chi connectivity index (χ3v) is 9.61. The summed E-state index contributed by atoms with van der Waals surface area (Å²) in [6.07, 6.45) is 3.48. The number of nitro groups is 1. The lowest BCUT2D eigenvalue weighted by atomic mass is 9.83. The molecule has 1 aromatic heterocycles. The highest BCUT2D eigenvalue weighted by Crippen LogP contribution is 2.43. The smallest absolute Gasteiger partial charge is 0.271 e. The van der Waals surface area contributed by atoms with Crippen LogP contribution >= 0.6 is 11.3 Å². The van der Waals surface area contributed by atoms with Crippen molar-refractivity contribution in [3.8, 4) is 23.0 Å². The summed E-state index contributed by atoms with van der Waals surface area (Å²) in [5.41, 5.74) is 6.69. The Kier molecular flexibility index (Phi) is 8.28. The summed E-state index contributed by atoms with van der Waals surface area (Å²) in [6.45, 7) is 0.205. The SMILES string of the molecule is COc1ccc([C@@H]2C3=C(N=c4s/c(=C/c5ccc(OCc6ccc([N+](=O)[O-])cc6)c(OC)c5)c(=O)n42)c2ccccc2CC3)cc1OC. The van der Waals surface area contributed by atoms with Crippen molar-refractivity contribution >= 4 is 28.8 Å². The monoisotopic (exact) mass is 661 g/mol. The van der Waals surface area contributed by atoms with Gasteiger partial charge in [0.15, 0.2) is 27.8 Å². The molecule has 4 aromatic carbocycles. The van der Waals surface area contributed by atoms with Crippen molar-refractivity contribution in [2.24, 2.45) is 4.99 Å². The molecule has 0 bridgehead atoms. The van der Waals surface area contributed by atoms with E-state index in [0.717, 1.165) is 46.4 Å². The standard InChI is InChI=1S/C37H31N3O7S/c1-44-29-17-12-25(20-32(29)46-3)35-28-15-11-24-6-4-5-7-27(24)34(28)38-37-39(35)36(41)33(48-37)19-23-10-16-30(31(18-23)45-2)47-21-22-8-13-26(14-9-22)40(42)43/h4-10,12-14,16-20,35H,11,15,21H2,1-3H3/b33-19+/t35-/m1/s1. The second-order valence-corrected chi connectivity index (χ2v) is 12.4. The number of allylic oxidation sites excluding steroid dienone is 1. The molecule has 48 heavy (non-hydrogen) atoms. The largest absolute Gasteiger partial charge is 0.493 e. The molecule has 1 atom stereocenters. The quantitative estimate of drug-likeness (QED) is 0.144. The number of methoxy groups -OCH3 is 3. The van der Waals surface area contributed by atoms with Crippen molar-refractivity contribution in [1.29, 1.82) is 0 Å². The van der Waals surface area contributed by atoms with Gasteiger partial charge in [-0.1, -0.05) is 47.7 Å². The third kappa shape index (κ3) is 5.62. The molecule has 0 N–H and O–H groups in total. The first kappa shape index (κ1) is 30.9. The van der Waals surface area contributed by atoms with Crippen LogP contribution in [0.3, 0.4) is 0 Å². The van der Waals surface area contributed by atoms with Crippen LogP contribution < -0.4 is 33.8 Å². The molecule has 1 aliphatic heterocycles. The van der Waals surface area contributed by atoms with Crippen LogP contribution in [0.1, 0.15) is 40.3 Å². The summed E-state index contributed by atoms with van der Waals surface area (Å²) in [5.74, 6) is 2.21. The van der Waals surface area contributed by atoms with Gasteiger partial charge < -0.3 is 18.9 Å². The summed E-state index contributed by atoms with van der Waals surface area (Å²) in [4.78, 5) is 30.5. The average molecular weight is 662 g/mol. The van der Waals surface area contributed by atoms with Gasteiger partial charge in [-0.05, 0) is 83.1 Å². The molecule has 242 valence electrons. The molecule has 2 aliphatic rings. The lowest BCUT2D eigenvalue weighted by Crippen LogP contribution is -2.38. The number of aryl methyl sites for hydroxylation is 1. The van der Waals surface area contributed by atoms with E-state index in [1.54, 1.807) is 44.1 Å². The third-order valence-electron chi connectivity index (χ3n) is 8.62. The van der Waals surface area contributed by atoms with E-state index in [1.807, 2.05) is 48.5 Å². The van der Waals surface area contributed by atoms with Gasteiger partial charge in [-0.15, -0.1) is 0 Å². The van der Waals surface area contributed by atoms with Gasteiger partial charge in [0.1, 0.15) is 6.61 Å². The summed E-state index contributed by atoms with van der Waals surface area (Å²) >= 11 is 1.35. The van der Waals surface area contributed by atoms with E-state index in [2.05, 4.69) is 12.1 Å². The highest BCUT2D eigenvalue weighted by molar-refractivity contribution is 7.07. The molecular formula is C37H31N3O7S. The number of fused-ring (bicyclic) bond motifs is 3. The minimum Gasteiger partial charge on any atom is -0.493 e. The van der Waals surface area contributed by atoms with Gasteiger partial charge in [0.25, 0.3) is 11.2 Å². The molecule has 0 amide bonds. The summed E-state index contributed by atoms with van der Waals surface area (Å²) in [5, 5.41) is 11.0. The van der Waals surface area contributed by atoms with Gasteiger partial charge in [-0.2, -0.15) is 0 Å². The van der Waals surface area contributed by atoms with E-state index in [9.17, 15) is 14.9 Å². The van der Waals surface area contributed by atoms with Crippen molar-refractivity contribution in [3.63, 3.8) is 0 Å². The first-order valence-corrected chi connectivity index (χ1v) is 16.1. The number of nitrogens with zero attached hydrogens (tertiary/aromatic N) is 3. The number of hydrogen-bond donors (Lipinski definition) is 0. The number of nitro benzene ring substituents is 1. The molecule has 7 rings (SSSR count). The second-order valence-electron chi connectivity index (χ2n) is 11.4. The first-order chi connectivity index (χ1) is 23.4. The number of ether oxygens (including phenoxy) is 4. The summed E-state index contributed by atoms with van der Waals surface area (Å²) in [6, 6.07) is 25.4. The van der Waals surface area contributed by atoms with Crippen LogP contribution in [0.25, 0.3) is 11.8 Å². The Hall–Kier alpha value is -5.68. The molecule has 2 heterocycles. The van der Waals surface area contributed by atoms with Crippen molar-refractivity contribution in [1.82, 2.24) is 4.57 Å². The van der Waals surface area contributed by atoms with E-state index in [-0.39, 0.29) is 23.9 Å². The molecule has 0 saturated carbocycles. The number of hydrogen-bond acceptors (Lipinski definition) is 9. The molecule has 10 nitrogen and oxygen atoms in total. The first-order valence-electron chi connectivity index (χ1n) is 15.3. The van der Waals surface area contributed by atoms with Gasteiger partial charge in [0.2, 0.25) is 0 Å². The molecule has 0 spiro atoms. The zero-order chi connectivity index (χ0) is 33.4. The van der Waals surface area contributed by atoms with E-state index >= 15 is 0 Å². The molecule has 5 aromatic rings. The lowest BCUT2D eigenvalue weighted by Gasteiger charge is -2.31. The zero-order valence-corrected chi connectivity index (χ0v) is 27.3. The Labute approximate surface area is 279 Å². The molecule has 11 heteroatoms. The number of thiazole rings is 1. The fourth-order valence-corrected chi connectivity index (χ4v) is 7.27. The Morgan fingerprint density at radius 1 is 0.896 bits per heavy atom. The highest BCUT2D eigenvalue weighted by Gasteiger charge is 2.33. The predicted molar refractivity (Wildman–Crippen MR) is 183 cm³/mol. The maximum atomic E-state index is 14.3. The number of aromatic nitrogens is 1. The Morgan fingerprint density at radius 3 is 2.38 bits per heavy atom. The normalized spacial score (nSPS) is 15.1. The Morgan fingerprint density at radius 2 is 1.62 bits per heavy atom. The zero-order valence-electron chi connectivity index (χ0n) is 26.5. The lowest BCUT2D eigenvalue weighted by molar-refractivity contribution is -0.384. The molecule has 0 radical (unpaired) electrons. The van der Waals surface area contributed by atoms with Crippen molar-refractivity contribution in [2.45, 2.75) is 25.5 Å². The molecule has 0 unspecified atom stereocenters. The van der Waals surface area contributed by atoms with Gasteiger partial charge >= 0.3 is 0 Å². The minimum atomic E-state index is -0.438. The van der Waals surface area contributed by atoms with Crippen molar-refractivity contribution in [3.05, 3.63) is 148 Å². The van der Waals surface area contributed by atoms with Gasteiger partial charge in [0, 0.05) is 17.7 Å². The number of benzene rings is 4. The van der Waals surface area contributed by atoms with Crippen LogP contribution in [0.15, 0.2) is 100 Å². The minimum absolute atomic E-state index is 0.0194. The van der Waals surface area contributed by atoms with Gasteiger partial charge in [-0.3, -0.25) is 19.5 Å². The molecule has 0 saturated heterocycles. The number of non-ortho nitro benzene ring substituents is 1. The van der Waals surface area contributed by atoms with Crippen LogP contribution in [0.2, 0.25) is 0 Å². The van der Waals surface area contributed by atoms with Crippen LogP contribution in [-0.4, -0.2) is 30.8 Å².